The number of allylic oxidation sites excluding steroid dienone is 1. The standard InChI is InChI=1S/C31H26F3N3O3/c1-18-25(14-13-24-12-9-22(16-36-24)26-6-4-3-5-21(26)15-35)27-19(2)40-29(39)30(27,17-31(18,33)34)37-28(38)20-7-10-23(32)11-8-20/h3-14,16,18-19,25,27H,17H2,1-2H3,(H,37,38)/b14-13+/t18-,19+,25-,27-,30-/m0/s1. The molecule has 2 aliphatic rings. The maximum atomic E-state index is 15.5. The Morgan fingerprint density at radius 1 is 1.12 bits per heavy atom. The molecule has 0 unspecified atom stereocenters. The smallest absolute Gasteiger partial charge is 0.332 e. The highest BCUT2D eigenvalue weighted by Gasteiger charge is 2.68. The van der Waals surface area contributed by atoms with Crippen molar-refractivity contribution in [3.05, 3.63) is 95.6 Å². The van der Waals surface area contributed by atoms with Crippen molar-refractivity contribution in [2.75, 3.05) is 0 Å². The van der Waals surface area contributed by atoms with Crippen LogP contribution in [0.25, 0.3) is 17.2 Å². The molecule has 5 rings (SSSR count). The van der Waals surface area contributed by atoms with Crippen molar-refractivity contribution in [1.82, 2.24) is 10.3 Å². The molecule has 1 amide bonds. The highest BCUT2D eigenvalue weighted by Crippen LogP contribution is 2.55. The lowest BCUT2D eigenvalue weighted by atomic mass is 9.60. The molecule has 6 nitrogen and oxygen atoms in total. The van der Waals surface area contributed by atoms with Crippen LogP contribution in [0, 0.1) is 34.9 Å². The predicted molar refractivity (Wildman–Crippen MR) is 141 cm³/mol. The number of esters is 1. The fourth-order valence-corrected chi connectivity index (χ4v) is 5.89. The van der Waals surface area contributed by atoms with Crippen molar-refractivity contribution in [1.29, 1.82) is 5.26 Å². The summed E-state index contributed by atoms with van der Waals surface area (Å²) in [5, 5.41) is 11.9. The van der Waals surface area contributed by atoms with Crippen LogP contribution in [-0.4, -0.2) is 34.4 Å². The Bertz CT molecular complexity index is 1520. The molecule has 2 fully saturated rings. The Kier molecular flexibility index (Phi) is 6.96. The first-order chi connectivity index (χ1) is 19.1. The largest absolute Gasteiger partial charge is 0.460 e. The number of carbonyl (C=O) groups excluding carboxylic acids is 2. The van der Waals surface area contributed by atoms with Gasteiger partial charge in [0, 0.05) is 41.1 Å². The molecule has 2 heterocycles. The number of pyridine rings is 1. The van der Waals surface area contributed by atoms with Crippen molar-refractivity contribution in [3.8, 4) is 17.2 Å². The average Bonchev–Trinajstić information content (AvgIpc) is 3.17. The van der Waals surface area contributed by atoms with Gasteiger partial charge in [0.1, 0.15) is 11.9 Å². The highest BCUT2D eigenvalue weighted by molar-refractivity contribution is 5.99. The lowest BCUT2D eigenvalue weighted by molar-refractivity contribution is -0.158. The Labute approximate surface area is 229 Å². The first-order valence-corrected chi connectivity index (χ1v) is 12.9. The molecule has 1 aromatic heterocycles. The lowest BCUT2D eigenvalue weighted by Gasteiger charge is -2.47. The number of ether oxygens (including phenoxy) is 1. The number of hydrogen-bond acceptors (Lipinski definition) is 5. The van der Waals surface area contributed by atoms with E-state index in [9.17, 15) is 19.2 Å². The minimum Gasteiger partial charge on any atom is -0.460 e. The summed E-state index contributed by atoms with van der Waals surface area (Å²) >= 11 is 0. The number of aromatic nitrogens is 1. The van der Waals surface area contributed by atoms with Crippen molar-refractivity contribution in [2.45, 2.75) is 37.8 Å². The molecule has 40 heavy (non-hydrogen) atoms. The van der Waals surface area contributed by atoms with Gasteiger partial charge in [-0.2, -0.15) is 5.26 Å². The summed E-state index contributed by atoms with van der Waals surface area (Å²) in [6, 6.07) is 17.4. The number of alkyl halides is 2. The second kappa shape index (κ2) is 10.3. The number of halogens is 3. The van der Waals surface area contributed by atoms with Crippen LogP contribution in [0.2, 0.25) is 0 Å². The van der Waals surface area contributed by atoms with E-state index in [0.29, 0.717) is 11.3 Å². The minimum atomic E-state index is -3.30. The maximum absolute atomic E-state index is 15.5. The minimum absolute atomic E-state index is 0.0400. The van der Waals surface area contributed by atoms with Crippen LogP contribution >= 0.6 is 0 Å². The molecule has 9 heteroatoms. The van der Waals surface area contributed by atoms with Gasteiger partial charge in [-0.25, -0.2) is 18.0 Å². The zero-order valence-corrected chi connectivity index (χ0v) is 21.8. The molecular weight excluding hydrogens is 519 g/mol. The Morgan fingerprint density at radius 3 is 2.52 bits per heavy atom. The van der Waals surface area contributed by atoms with Crippen LogP contribution in [0.5, 0.6) is 0 Å². The van der Waals surface area contributed by atoms with E-state index < -0.39 is 59.4 Å². The Hall–Kier alpha value is -4.45. The summed E-state index contributed by atoms with van der Waals surface area (Å²) in [7, 11) is 0. The van der Waals surface area contributed by atoms with Crippen LogP contribution in [0.1, 0.15) is 41.9 Å². The van der Waals surface area contributed by atoms with Crippen molar-refractivity contribution >= 4 is 18.0 Å². The van der Waals surface area contributed by atoms with Crippen molar-refractivity contribution in [2.24, 2.45) is 17.8 Å². The number of cyclic esters (lactones) is 1. The fourth-order valence-electron chi connectivity index (χ4n) is 5.89. The first-order valence-electron chi connectivity index (χ1n) is 12.9. The van der Waals surface area contributed by atoms with Gasteiger partial charge in [0.25, 0.3) is 11.8 Å². The SMILES string of the molecule is C[C@H]1OC(=O)[C@]2(NC(=O)c3ccc(F)cc3)CC(F)(F)[C@@H](C)[C@H](/C=C/c3ccc(-c4ccccc4C#N)cn3)[C@H]12. The molecule has 1 N–H and O–H groups in total. The Morgan fingerprint density at radius 2 is 1.85 bits per heavy atom. The fraction of sp³-hybridized carbons (Fsp3) is 0.290. The quantitative estimate of drug-likeness (QED) is 0.410. The molecular formula is C31H26F3N3O3. The van der Waals surface area contributed by atoms with Gasteiger partial charge in [-0.15, -0.1) is 0 Å². The second-order valence-electron chi connectivity index (χ2n) is 10.4. The van der Waals surface area contributed by atoms with E-state index in [2.05, 4.69) is 16.4 Å². The van der Waals surface area contributed by atoms with E-state index in [1.54, 1.807) is 49.5 Å². The number of rotatable bonds is 5. The van der Waals surface area contributed by atoms with E-state index in [4.69, 9.17) is 4.74 Å². The summed E-state index contributed by atoms with van der Waals surface area (Å²) < 4.78 is 49.8. The topological polar surface area (TPSA) is 92.1 Å². The molecule has 2 aromatic carbocycles. The molecule has 1 saturated heterocycles. The van der Waals surface area contributed by atoms with Gasteiger partial charge in [0.15, 0.2) is 5.54 Å². The van der Waals surface area contributed by atoms with Crippen molar-refractivity contribution in [3.63, 3.8) is 0 Å². The van der Waals surface area contributed by atoms with Gasteiger partial charge < -0.3 is 10.1 Å². The molecule has 1 saturated carbocycles. The molecule has 0 bridgehead atoms. The van der Waals surface area contributed by atoms with Crippen molar-refractivity contribution < 1.29 is 27.5 Å². The zero-order chi connectivity index (χ0) is 28.7. The number of nitrogens with one attached hydrogen (secondary N) is 1. The molecule has 5 atom stereocenters. The van der Waals surface area contributed by atoms with E-state index in [1.807, 2.05) is 12.1 Å². The Balaban J connectivity index is 1.46. The number of carbonyl (C=O) groups is 2. The van der Waals surface area contributed by atoms with Crippen LogP contribution < -0.4 is 5.32 Å². The van der Waals surface area contributed by atoms with Gasteiger partial charge in [-0.3, -0.25) is 9.78 Å². The highest BCUT2D eigenvalue weighted by atomic mass is 19.3. The van der Waals surface area contributed by atoms with Gasteiger partial charge in [-0.1, -0.05) is 37.3 Å². The van der Waals surface area contributed by atoms with Gasteiger partial charge in [0.2, 0.25) is 0 Å². The summed E-state index contributed by atoms with van der Waals surface area (Å²) in [6.45, 7) is 3.05. The van der Waals surface area contributed by atoms with Crippen LogP contribution in [0.15, 0.2) is 72.9 Å². The molecule has 3 aromatic rings. The number of amides is 1. The number of nitriles is 1. The summed E-state index contributed by atoms with van der Waals surface area (Å²) in [6.07, 6.45) is 3.17. The van der Waals surface area contributed by atoms with Gasteiger partial charge in [-0.05, 0) is 55.3 Å². The third-order valence-electron chi connectivity index (χ3n) is 7.98. The number of nitrogens with zero attached hydrogens (tertiary/aromatic N) is 2. The third-order valence-corrected chi connectivity index (χ3v) is 7.98. The predicted octanol–water partition coefficient (Wildman–Crippen LogP) is 5.79. The first kappa shape index (κ1) is 27.1. The molecule has 0 spiro atoms. The normalized spacial score (nSPS) is 27.1. The maximum Gasteiger partial charge on any atom is 0.332 e. The number of hydrogen-bond donors (Lipinski definition) is 1. The van der Waals surface area contributed by atoms with Gasteiger partial charge >= 0.3 is 5.97 Å². The monoisotopic (exact) mass is 545 g/mol. The second-order valence-corrected chi connectivity index (χ2v) is 10.4. The van der Waals surface area contributed by atoms with Crippen LogP contribution in [-0.2, 0) is 9.53 Å². The molecule has 204 valence electrons. The zero-order valence-electron chi connectivity index (χ0n) is 21.8. The summed E-state index contributed by atoms with van der Waals surface area (Å²) in [5.74, 6) is -8.33. The van der Waals surface area contributed by atoms with Gasteiger partial charge in [0.05, 0.1) is 17.3 Å². The van der Waals surface area contributed by atoms with E-state index in [-0.39, 0.29) is 5.56 Å². The number of fused-ring (bicyclic) bond motifs is 1. The lowest BCUT2D eigenvalue weighted by Crippen LogP contribution is -2.66. The summed E-state index contributed by atoms with van der Waals surface area (Å²) in [4.78, 5) is 30.6. The number of benzene rings is 2. The van der Waals surface area contributed by atoms with E-state index >= 15 is 8.78 Å². The molecule has 0 radical (unpaired) electrons. The van der Waals surface area contributed by atoms with Crippen LogP contribution in [0.3, 0.4) is 0 Å². The third kappa shape index (κ3) is 4.75. The molecule has 1 aliphatic heterocycles. The van der Waals surface area contributed by atoms with E-state index in [1.165, 1.54) is 19.1 Å². The van der Waals surface area contributed by atoms with Crippen LogP contribution in [0.4, 0.5) is 13.2 Å². The van der Waals surface area contributed by atoms with E-state index in [0.717, 1.165) is 23.3 Å². The summed E-state index contributed by atoms with van der Waals surface area (Å²) in [5.41, 5.74) is 0.540. The average molecular weight is 546 g/mol. The molecule has 1 aliphatic carbocycles.